The highest BCUT2D eigenvalue weighted by atomic mass is 19.1. The number of hydrogen-bond donors (Lipinski definition) is 2. The highest BCUT2D eigenvalue weighted by Gasteiger charge is 2.04. The van der Waals surface area contributed by atoms with E-state index in [9.17, 15) is 9.18 Å². The van der Waals surface area contributed by atoms with Crippen LogP contribution < -0.4 is 11.4 Å². The lowest BCUT2D eigenvalue weighted by molar-refractivity contribution is 0.355. The van der Waals surface area contributed by atoms with Crippen LogP contribution in [0, 0.1) is 5.82 Å². The Morgan fingerprint density at radius 2 is 1.89 bits per heavy atom. The molecule has 2 heterocycles. The fourth-order valence-electron chi connectivity index (χ4n) is 1.86. The van der Waals surface area contributed by atoms with E-state index in [-0.39, 0.29) is 0 Å². The molecular weight excluding hydrogens is 233 g/mol. The number of fused-ring (bicyclic) bond motifs is 1. The lowest BCUT2D eigenvalue weighted by Gasteiger charge is -2.01. The van der Waals surface area contributed by atoms with Gasteiger partial charge >= 0.3 is 0 Å². The number of nitrogens with one attached hydrogen (secondary N) is 1. The molecule has 1 saturated heterocycles. The SMILES string of the molecule is NN1CCCC1.O=c1[nH]c2ccccc2cc1F. The third-order valence-electron chi connectivity index (χ3n) is 2.85. The maximum atomic E-state index is 12.7. The molecule has 1 aliphatic rings. The molecule has 0 atom stereocenters. The summed E-state index contributed by atoms with van der Waals surface area (Å²) in [5.41, 5.74) is -0.0161. The Morgan fingerprint density at radius 3 is 2.50 bits per heavy atom. The number of pyridine rings is 1. The largest absolute Gasteiger partial charge is 0.319 e. The Labute approximate surface area is 104 Å². The van der Waals surface area contributed by atoms with Crippen molar-refractivity contribution >= 4 is 10.9 Å². The van der Waals surface area contributed by atoms with E-state index in [1.165, 1.54) is 18.9 Å². The fraction of sp³-hybridized carbons (Fsp3) is 0.308. The third kappa shape index (κ3) is 3.15. The van der Waals surface area contributed by atoms with Gasteiger partial charge in [0.05, 0.1) is 0 Å². The summed E-state index contributed by atoms with van der Waals surface area (Å²) in [6.07, 6.45) is 2.58. The fourth-order valence-corrected chi connectivity index (χ4v) is 1.86. The number of aromatic amines is 1. The van der Waals surface area contributed by atoms with Crippen LogP contribution in [0.4, 0.5) is 4.39 Å². The molecule has 0 aliphatic carbocycles. The van der Waals surface area contributed by atoms with Crippen LogP contribution in [0.1, 0.15) is 12.8 Å². The maximum Gasteiger partial charge on any atom is 0.284 e. The van der Waals surface area contributed by atoms with Gasteiger partial charge in [-0.15, -0.1) is 0 Å². The van der Waals surface area contributed by atoms with Crippen molar-refractivity contribution in [3.63, 3.8) is 0 Å². The molecule has 3 N–H and O–H groups in total. The number of benzene rings is 1. The van der Waals surface area contributed by atoms with Crippen molar-refractivity contribution in [1.29, 1.82) is 0 Å². The number of hydrogen-bond acceptors (Lipinski definition) is 3. The topological polar surface area (TPSA) is 62.1 Å². The van der Waals surface area contributed by atoms with E-state index in [2.05, 4.69) is 4.98 Å². The Morgan fingerprint density at radius 1 is 1.22 bits per heavy atom. The maximum absolute atomic E-state index is 12.7. The number of rotatable bonds is 0. The minimum absolute atomic E-state index is 0.656. The molecule has 0 radical (unpaired) electrons. The summed E-state index contributed by atoms with van der Waals surface area (Å²) >= 11 is 0. The molecule has 5 heteroatoms. The van der Waals surface area contributed by atoms with Gasteiger partial charge in [0, 0.05) is 24.0 Å². The van der Waals surface area contributed by atoms with Crippen molar-refractivity contribution in [2.24, 2.45) is 5.84 Å². The van der Waals surface area contributed by atoms with Gasteiger partial charge in [-0.25, -0.2) is 9.40 Å². The first kappa shape index (κ1) is 12.7. The van der Waals surface area contributed by atoms with Crippen LogP contribution in [0.2, 0.25) is 0 Å². The Kier molecular flexibility index (Phi) is 4.07. The zero-order chi connectivity index (χ0) is 13.0. The van der Waals surface area contributed by atoms with Crippen LogP contribution in [0.3, 0.4) is 0 Å². The third-order valence-corrected chi connectivity index (χ3v) is 2.85. The number of hydrazine groups is 1. The first-order valence-corrected chi connectivity index (χ1v) is 5.94. The van der Waals surface area contributed by atoms with Crippen molar-refractivity contribution in [2.45, 2.75) is 12.8 Å². The molecule has 4 nitrogen and oxygen atoms in total. The van der Waals surface area contributed by atoms with E-state index < -0.39 is 11.4 Å². The first-order valence-electron chi connectivity index (χ1n) is 5.94. The Hall–Kier alpha value is -1.72. The molecule has 2 aromatic rings. The number of nitrogens with two attached hydrogens (primary N) is 1. The molecule has 1 aliphatic heterocycles. The number of nitrogens with zero attached hydrogens (tertiary/aromatic N) is 1. The van der Waals surface area contributed by atoms with E-state index >= 15 is 0 Å². The minimum Gasteiger partial charge on any atom is -0.319 e. The van der Waals surface area contributed by atoms with Crippen LogP contribution >= 0.6 is 0 Å². The molecular formula is C13H16FN3O. The smallest absolute Gasteiger partial charge is 0.284 e. The summed E-state index contributed by atoms with van der Waals surface area (Å²) < 4.78 is 12.7. The van der Waals surface area contributed by atoms with Gasteiger partial charge in [-0.3, -0.25) is 10.6 Å². The quantitative estimate of drug-likeness (QED) is 0.697. The summed E-state index contributed by atoms with van der Waals surface area (Å²) in [5.74, 6) is 4.63. The van der Waals surface area contributed by atoms with Gasteiger partial charge in [-0.1, -0.05) is 18.2 Å². The van der Waals surface area contributed by atoms with E-state index in [1.807, 2.05) is 5.01 Å². The van der Waals surface area contributed by atoms with Gasteiger partial charge in [-0.05, 0) is 25.0 Å². The molecule has 0 bridgehead atoms. The monoisotopic (exact) mass is 249 g/mol. The summed E-state index contributed by atoms with van der Waals surface area (Å²) in [7, 11) is 0. The number of aromatic nitrogens is 1. The van der Waals surface area contributed by atoms with Gasteiger partial charge in [0.15, 0.2) is 5.82 Å². The van der Waals surface area contributed by atoms with Gasteiger partial charge in [0.1, 0.15) is 0 Å². The van der Waals surface area contributed by atoms with Crippen LogP contribution in [0.25, 0.3) is 10.9 Å². The van der Waals surface area contributed by atoms with E-state index in [1.54, 1.807) is 24.3 Å². The van der Waals surface area contributed by atoms with Crippen LogP contribution in [-0.2, 0) is 0 Å². The second-order valence-corrected chi connectivity index (χ2v) is 4.28. The lowest BCUT2D eigenvalue weighted by Crippen LogP contribution is -2.26. The molecule has 1 fully saturated rings. The predicted molar refractivity (Wildman–Crippen MR) is 69.5 cm³/mol. The molecule has 0 spiro atoms. The van der Waals surface area contributed by atoms with E-state index in [0.29, 0.717) is 10.9 Å². The van der Waals surface area contributed by atoms with Crippen LogP contribution in [-0.4, -0.2) is 23.1 Å². The van der Waals surface area contributed by atoms with Crippen molar-refractivity contribution in [3.8, 4) is 0 Å². The Balaban J connectivity index is 0.000000169. The van der Waals surface area contributed by atoms with Crippen LogP contribution in [0.15, 0.2) is 35.1 Å². The first-order chi connectivity index (χ1) is 8.66. The second-order valence-electron chi connectivity index (χ2n) is 4.28. The molecule has 0 amide bonds. The van der Waals surface area contributed by atoms with Crippen LogP contribution in [0.5, 0.6) is 0 Å². The van der Waals surface area contributed by atoms with E-state index in [4.69, 9.17) is 5.84 Å². The van der Waals surface area contributed by atoms with Crippen molar-refractivity contribution in [2.75, 3.05) is 13.1 Å². The van der Waals surface area contributed by atoms with Crippen molar-refractivity contribution in [3.05, 3.63) is 46.5 Å². The van der Waals surface area contributed by atoms with Gasteiger partial charge in [-0.2, -0.15) is 0 Å². The molecule has 18 heavy (non-hydrogen) atoms. The zero-order valence-corrected chi connectivity index (χ0v) is 10.0. The second kappa shape index (κ2) is 5.75. The predicted octanol–water partition coefficient (Wildman–Crippen LogP) is 1.62. The highest BCUT2D eigenvalue weighted by molar-refractivity contribution is 5.77. The number of H-pyrrole nitrogens is 1. The average molecular weight is 249 g/mol. The summed E-state index contributed by atoms with van der Waals surface area (Å²) in [5, 5.41) is 2.56. The summed E-state index contributed by atoms with van der Waals surface area (Å²) in [6, 6.07) is 8.29. The lowest BCUT2D eigenvalue weighted by atomic mass is 10.2. The van der Waals surface area contributed by atoms with Gasteiger partial charge in [0.25, 0.3) is 5.56 Å². The standard InChI is InChI=1S/C9H6FNO.C4H10N2/c10-7-5-6-3-1-2-4-8(6)11-9(7)12;5-6-3-1-2-4-6/h1-5H,(H,11,12);1-5H2. The highest BCUT2D eigenvalue weighted by Crippen LogP contribution is 2.08. The molecule has 0 saturated carbocycles. The average Bonchev–Trinajstić information content (AvgIpc) is 2.83. The van der Waals surface area contributed by atoms with Gasteiger partial charge in [0.2, 0.25) is 0 Å². The zero-order valence-electron chi connectivity index (χ0n) is 10.0. The molecule has 0 unspecified atom stereocenters. The minimum atomic E-state index is -0.742. The number of para-hydroxylation sites is 1. The van der Waals surface area contributed by atoms with E-state index in [0.717, 1.165) is 13.1 Å². The van der Waals surface area contributed by atoms with Crippen molar-refractivity contribution in [1.82, 2.24) is 9.99 Å². The summed E-state index contributed by atoms with van der Waals surface area (Å²) in [6.45, 7) is 2.19. The van der Waals surface area contributed by atoms with Gasteiger partial charge < -0.3 is 4.98 Å². The molecule has 3 rings (SSSR count). The molecule has 1 aromatic heterocycles. The van der Waals surface area contributed by atoms with Crippen molar-refractivity contribution < 1.29 is 4.39 Å². The molecule has 1 aromatic carbocycles. The summed E-state index contributed by atoms with van der Waals surface area (Å²) in [4.78, 5) is 13.2. The molecule has 96 valence electrons. The number of halogens is 1. The normalized spacial score (nSPS) is 15.4. The Bertz CT molecular complexity index is 576.